The fraction of sp³-hybridized carbons (Fsp3) is 0.100. The van der Waals surface area contributed by atoms with Crippen molar-refractivity contribution in [3.05, 3.63) is 83.4 Å². The highest BCUT2D eigenvalue weighted by molar-refractivity contribution is 5.93. The van der Waals surface area contributed by atoms with Gasteiger partial charge in [-0.1, -0.05) is 66.7 Å². The number of benzene rings is 3. The summed E-state index contributed by atoms with van der Waals surface area (Å²) in [7, 11) is 0. The van der Waals surface area contributed by atoms with Crippen LogP contribution in [0.25, 0.3) is 16.8 Å². The van der Waals surface area contributed by atoms with E-state index in [9.17, 15) is 0 Å². The largest absolute Gasteiger partial charge is 0.488 e. The fourth-order valence-electron chi connectivity index (χ4n) is 2.93. The Balaban J connectivity index is 1.87. The first-order valence-electron chi connectivity index (χ1n) is 7.30. The predicted molar refractivity (Wildman–Crippen MR) is 87.5 cm³/mol. The quantitative estimate of drug-likeness (QED) is 0.560. The minimum absolute atomic E-state index is 0.628. The van der Waals surface area contributed by atoms with E-state index in [0.717, 1.165) is 12.2 Å². The molecular formula is C20H16O. The van der Waals surface area contributed by atoms with E-state index in [2.05, 4.69) is 72.8 Å². The van der Waals surface area contributed by atoms with Crippen LogP contribution in [0.5, 0.6) is 5.75 Å². The number of allylic oxidation sites excluding steroid dienone is 1. The van der Waals surface area contributed by atoms with Crippen molar-refractivity contribution >= 4 is 16.8 Å². The molecule has 102 valence electrons. The third-order valence-electron chi connectivity index (χ3n) is 4.05. The van der Waals surface area contributed by atoms with Crippen molar-refractivity contribution in [2.24, 2.45) is 0 Å². The zero-order valence-corrected chi connectivity index (χ0v) is 11.8. The van der Waals surface area contributed by atoms with Crippen molar-refractivity contribution in [1.82, 2.24) is 0 Å². The average molecular weight is 272 g/mol. The van der Waals surface area contributed by atoms with Crippen molar-refractivity contribution in [3.63, 3.8) is 0 Å². The van der Waals surface area contributed by atoms with Crippen molar-refractivity contribution < 1.29 is 4.74 Å². The van der Waals surface area contributed by atoms with Gasteiger partial charge >= 0.3 is 0 Å². The van der Waals surface area contributed by atoms with E-state index in [4.69, 9.17) is 4.74 Å². The first kappa shape index (κ1) is 12.2. The Kier molecular flexibility index (Phi) is 2.97. The van der Waals surface area contributed by atoms with Crippen molar-refractivity contribution in [3.8, 4) is 5.75 Å². The molecule has 1 aliphatic rings. The van der Waals surface area contributed by atoms with E-state index in [0.29, 0.717) is 6.61 Å². The molecule has 0 atom stereocenters. The van der Waals surface area contributed by atoms with Crippen LogP contribution in [0.3, 0.4) is 0 Å². The van der Waals surface area contributed by atoms with Gasteiger partial charge in [0.05, 0.1) is 0 Å². The second-order valence-corrected chi connectivity index (χ2v) is 5.36. The zero-order chi connectivity index (χ0) is 14.1. The summed E-state index contributed by atoms with van der Waals surface area (Å²) in [5, 5.41) is 2.50. The molecule has 0 bridgehead atoms. The van der Waals surface area contributed by atoms with Gasteiger partial charge in [-0.25, -0.2) is 0 Å². The Morgan fingerprint density at radius 2 is 1.57 bits per heavy atom. The van der Waals surface area contributed by atoms with Gasteiger partial charge in [0.25, 0.3) is 0 Å². The van der Waals surface area contributed by atoms with Crippen LogP contribution < -0.4 is 4.74 Å². The Labute approximate surface area is 124 Å². The molecule has 0 aliphatic carbocycles. The molecule has 3 aromatic carbocycles. The summed E-state index contributed by atoms with van der Waals surface area (Å²) in [6, 6.07) is 21.2. The van der Waals surface area contributed by atoms with E-state index < -0.39 is 0 Å². The molecular weight excluding hydrogens is 256 g/mol. The van der Waals surface area contributed by atoms with Gasteiger partial charge in [0, 0.05) is 5.56 Å². The molecule has 0 radical (unpaired) electrons. The van der Waals surface area contributed by atoms with Crippen LogP contribution in [-0.4, -0.2) is 0 Å². The summed E-state index contributed by atoms with van der Waals surface area (Å²) in [6.45, 7) is 0.628. The van der Waals surface area contributed by atoms with Crippen LogP contribution in [0.2, 0.25) is 0 Å². The number of hydrogen-bond acceptors (Lipinski definition) is 1. The van der Waals surface area contributed by atoms with E-state index in [1.54, 1.807) is 0 Å². The van der Waals surface area contributed by atoms with Gasteiger partial charge in [-0.05, 0) is 34.4 Å². The summed E-state index contributed by atoms with van der Waals surface area (Å²) in [6.07, 6.45) is 5.38. The van der Waals surface area contributed by atoms with E-state index in [-0.39, 0.29) is 0 Å². The van der Waals surface area contributed by atoms with Crippen LogP contribution in [0.4, 0.5) is 0 Å². The predicted octanol–water partition coefficient (Wildman–Crippen LogP) is 4.99. The molecule has 0 amide bonds. The molecule has 1 heteroatoms. The first-order chi connectivity index (χ1) is 10.4. The second-order valence-electron chi connectivity index (χ2n) is 5.36. The van der Waals surface area contributed by atoms with Crippen molar-refractivity contribution in [1.29, 1.82) is 0 Å². The van der Waals surface area contributed by atoms with Crippen LogP contribution in [0.1, 0.15) is 16.7 Å². The minimum atomic E-state index is 0.628. The minimum Gasteiger partial charge on any atom is -0.488 e. The summed E-state index contributed by atoms with van der Waals surface area (Å²) >= 11 is 0. The molecule has 1 nitrogen and oxygen atoms in total. The molecule has 3 aromatic rings. The summed E-state index contributed by atoms with van der Waals surface area (Å²) in [5.41, 5.74) is 3.79. The highest BCUT2D eigenvalue weighted by atomic mass is 16.5. The Morgan fingerprint density at radius 3 is 2.52 bits per heavy atom. The molecule has 0 saturated carbocycles. The van der Waals surface area contributed by atoms with Crippen LogP contribution in [0, 0.1) is 0 Å². The Hall–Kier alpha value is -2.54. The summed E-state index contributed by atoms with van der Waals surface area (Å²) in [5.74, 6) is 0.960. The standard InChI is InChI=1S/C20H16O/c1-2-8-17-14-21-20-13-12-16-7-3-4-10-18(16)19(20)11-5-9-15(17)6-1/h1-8,10-13H,9,14H2/b11-5-. The molecule has 0 N–H and O–H groups in total. The molecule has 0 fully saturated rings. The van der Waals surface area contributed by atoms with E-state index in [1.165, 1.54) is 27.5 Å². The molecule has 21 heavy (non-hydrogen) atoms. The van der Waals surface area contributed by atoms with Crippen LogP contribution in [0.15, 0.2) is 66.7 Å². The molecule has 1 aliphatic heterocycles. The maximum absolute atomic E-state index is 6.09. The number of ether oxygens (including phenoxy) is 1. The summed E-state index contributed by atoms with van der Waals surface area (Å²) in [4.78, 5) is 0. The number of hydrogen-bond donors (Lipinski definition) is 0. The van der Waals surface area contributed by atoms with Crippen LogP contribution in [-0.2, 0) is 13.0 Å². The van der Waals surface area contributed by atoms with E-state index >= 15 is 0 Å². The van der Waals surface area contributed by atoms with Gasteiger partial charge in [-0.2, -0.15) is 0 Å². The monoisotopic (exact) mass is 272 g/mol. The van der Waals surface area contributed by atoms with Gasteiger partial charge in [0.1, 0.15) is 12.4 Å². The molecule has 0 saturated heterocycles. The smallest absolute Gasteiger partial charge is 0.127 e. The van der Waals surface area contributed by atoms with Gasteiger partial charge in [0.2, 0.25) is 0 Å². The highest BCUT2D eigenvalue weighted by Crippen LogP contribution is 2.31. The zero-order valence-electron chi connectivity index (χ0n) is 11.8. The molecule has 0 unspecified atom stereocenters. The Bertz CT molecular complexity index is 830. The second kappa shape index (κ2) is 5.10. The average Bonchev–Trinajstić information content (AvgIpc) is 2.63. The molecule has 1 heterocycles. The lowest BCUT2D eigenvalue weighted by molar-refractivity contribution is 0.305. The lowest BCUT2D eigenvalue weighted by Gasteiger charge is -2.12. The molecule has 0 spiro atoms. The lowest BCUT2D eigenvalue weighted by atomic mass is 10.0. The first-order valence-corrected chi connectivity index (χ1v) is 7.30. The van der Waals surface area contributed by atoms with Gasteiger partial charge in [-0.3, -0.25) is 0 Å². The molecule has 4 rings (SSSR count). The summed E-state index contributed by atoms with van der Waals surface area (Å²) < 4.78 is 6.09. The maximum Gasteiger partial charge on any atom is 0.127 e. The Morgan fingerprint density at radius 1 is 0.762 bits per heavy atom. The SMILES string of the molecule is C1=C\c2c(ccc3ccccc23)OCc2ccccc2C/1. The van der Waals surface area contributed by atoms with Crippen molar-refractivity contribution in [2.75, 3.05) is 0 Å². The maximum atomic E-state index is 6.09. The molecule has 0 aromatic heterocycles. The normalized spacial score (nSPS) is 15.0. The van der Waals surface area contributed by atoms with Gasteiger partial charge in [0.15, 0.2) is 0 Å². The van der Waals surface area contributed by atoms with Crippen molar-refractivity contribution in [2.45, 2.75) is 13.0 Å². The number of rotatable bonds is 0. The van der Waals surface area contributed by atoms with Gasteiger partial charge < -0.3 is 4.74 Å². The topological polar surface area (TPSA) is 9.23 Å². The van der Waals surface area contributed by atoms with E-state index in [1.807, 2.05) is 0 Å². The highest BCUT2D eigenvalue weighted by Gasteiger charge is 2.10. The fourth-order valence-corrected chi connectivity index (χ4v) is 2.93. The third kappa shape index (κ3) is 2.21. The number of fused-ring (bicyclic) bond motifs is 4. The third-order valence-corrected chi connectivity index (χ3v) is 4.05. The van der Waals surface area contributed by atoms with Gasteiger partial charge in [-0.15, -0.1) is 0 Å². The lowest BCUT2D eigenvalue weighted by Crippen LogP contribution is -1.99. The van der Waals surface area contributed by atoms with Crippen LogP contribution >= 0.6 is 0 Å².